The summed E-state index contributed by atoms with van der Waals surface area (Å²) in [4.78, 5) is 22.5. The van der Waals surface area contributed by atoms with Crippen LogP contribution in [0, 0.1) is 18.6 Å². The van der Waals surface area contributed by atoms with Gasteiger partial charge in [0.15, 0.2) is 0 Å². The highest BCUT2D eigenvalue weighted by Gasteiger charge is 2.15. The zero-order valence-corrected chi connectivity index (χ0v) is 13.7. The fourth-order valence-electron chi connectivity index (χ4n) is 1.95. The van der Waals surface area contributed by atoms with Crippen molar-refractivity contribution in [1.29, 1.82) is 0 Å². The Labute approximate surface area is 138 Å². The first-order chi connectivity index (χ1) is 11.4. The largest absolute Gasteiger partial charge is 0.353 e. The predicted octanol–water partition coefficient (Wildman–Crippen LogP) is 2.29. The van der Waals surface area contributed by atoms with Crippen LogP contribution in [0.15, 0.2) is 24.3 Å². The number of carbonyl (C=O) groups excluding carboxylic acids is 1. The summed E-state index contributed by atoms with van der Waals surface area (Å²) in [5, 5.41) is 5.21. The summed E-state index contributed by atoms with van der Waals surface area (Å²) < 4.78 is 27.2. The fraction of sp³-hybridized carbons (Fsp3) is 0.312. The van der Waals surface area contributed by atoms with Crippen LogP contribution in [0.1, 0.15) is 16.2 Å². The summed E-state index contributed by atoms with van der Waals surface area (Å²) in [6, 6.07) is 4.81. The van der Waals surface area contributed by atoms with Gasteiger partial charge in [-0.2, -0.15) is 0 Å². The van der Waals surface area contributed by atoms with E-state index in [4.69, 9.17) is 0 Å². The monoisotopic (exact) mass is 335 g/mol. The number of aromatic nitrogens is 2. The van der Waals surface area contributed by atoms with Gasteiger partial charge in [0, 0.05) is 18.8 Å². The molecule has 0 unspecified atom stereocenters. The van der Waals surface area contributed by atoms with E-state index in [2.05, 4.69) is 20.6 Å². The zero-order valence-electron chi connectivity index (χ0n) is 13.7. The van der Waals surface area contributed by atoms with E-state index in [-0.39, 0.29) is 11.6 Å². The van der Waals surface area contributed by atoms with Gasteiger partial charge in [-0.3, -0.25) is 4.79 Å². The molecular formula is C16H19F2N5O. The molecule has 2 N–H and O–H groups in total. The number of likely N-dealkylation sites (N-methyl/N-ethyl adjacent to an activating group) is 1. The van der Waals surface area contributed by atoms with Crippen LogP contribution in [0.2, 0.25) is 0 Å². The molecule has 0 bridgehead atoms. The predicted molar refractivity (Wildman–Crippen MR) is 88.1 cm³/mol. The van der Waals surface area contributed by atoms with E-state index in [9.17, 15) is 13.6 Å². The minimum atomic E-state index is -0.849. The maximum atomic E-state index is 13.6. The minimum absolute atomic E-state index is 0.0255. The fourth-order valence-corrected chi connectivity index (χ4v) is 1.95. The Bertz CT molecular complexity index is 716. The number of anilines is 2. The van der Waals surface area contributed by atoms with E-state index in [1.54, 1.807) is 6.92 Å². The van der Waals surface area contributed by atoms with Crippen LogP contribution in [0.25, 0.3) is 0 Å². The lowest BCUT2D eigenvalue weighted by molar-refractivity contribution is 0.102. The van der Waals surface area contributed by atoms with Gasteiger partial charge < -0.3 is 15.5 Å². The number of halogens is 2. The first-order valence-electron chi connectivity index (χ1n) is 7.36. The molecule has 0 aliphatic carbocycles. The molecule has 0 fully saturated rings. The number of hydrogen-bond donors (Lipinski definition) is 2. The number of amides is 1. The molecule has 0 saturated heterocycles. The van der Waals surface area contributed by atoms with Crippen molar-refractivity contribution in [2.45, 2.75) is 6.92 Å². The zero-order chi connectivity index (χ0) is 17.7. The summed E-state index contributed by atoms with van der Waals surface area (Å²) in [6.07, 6.45) is 0. The first kappa shape index (κ1) is 17.7. The molecule has 0 aliphatic heterocycles. The van der Waals surface area contributed by atoms with Crippen LogP contribution in [0.3, 0.4) is 0 Å². The SMILES string of the molecule is Cc1cc(C(=O)Nc2c(F)cccc2F)nc(NCCN(C)C)n1. The Kier molecular flexibility index (Phi) is 5.75. The van der Waals surface area contributed by atoms with Gasteiger partial charge in [-0.05, 0) is 39.2 Å². The van der Waals surface area contributed by atoms with E-state index in [0.717, 1.165) is 18.7 Å². The van der Waals surface area contributed by atoms with Gasteiger partial charge in [0.1, 0.15) is 23.0 Å². The highest BCUT2D eigenvalue weighted by Crippen LogP contribution is 2.19. The number of aryl methyl sites for hydroxylation is 1. The molecule has 0 saturated carbocycles. The molecule has 8 heteroatoms. The average Bonchev–Trinajstić information content (AvgIpc) is 2.50. The average molecular weight is 335 g/mol. The summed E-state index contributed by atoms with van der Waals surface area (Å²) in [6.45, 7) is 3.07. The maximum absolute atomic E-state index is 13.6. The van der Waals surface area contributed by atoms with Crippen molar-refractivity contribution in [3.63, 3.8) is 0 Å². The van der Waals surface area contributed by atoms with Crippen LogP contribution >= 0.6 is 0 Å². The van der Waals surface area contributed by atoms with Crippen molar-refractivity contribution in [3.8, 4) is 0 Å². The molecule has 0 spiro atoms. The summed E-state index contributed by atoms with van der Waals surface area (Å²) in [5.41, 5.74) is 0.0925. The topological polar surface area (TPSA) is 70.2 Å². The molecule has 0 radical (unpaired) electrons. The van der Waals surface area contributed by atoms with E-state index in [0.29, 0.717) is 12.2 Å². The number of nitrogens with zero attached hydrogens (tertiary/aromatic N) is 3. The molecule has 2 rings (SSSR count). The van der Waals surface area contributed by atoms with Crippen molar-refractivity contribution in [2.24, 2.45) is 0 Å². The number of carbonyl (C=O) groups is 1. The lowest BCUT2D eigenvalue weighted by Gasteiger charge is -2.12. The third-order valence-electron chi connectivity index (χ3n) is 3.13. The highest BCUT2D eigenvalue weighted by molar-refractivity contribution is 6.03. The third-order valence-corrected chi connectivity index (χ3v) is 3.13. The number of rotatable bonds is 6. The molecule has 0 atom stereocenters. The highest BCUT2D eigenvalue weighted by atomic mass is 19.1. The lowest BCUT2D eigenvalue weighted by Crippen LogP contribution is -2.22. The Morgan fingerprint density at radius 1 is 1.21 bits per heavy atom. The number of nitrogens with one attached hydrogen (secondary N) is 2. The summed E-state index contributed by atoms with van der Waals surface area (Å²) in [7, 11) is 3.86. The third kappa shape index (κ3) is 4.69. The molecular weight excluding hydrogens is 316 g/mol. The molecule has 24 heavy (non-hydrogen) atoms. The maximum Gasteiger partial charge on any atom is 0.274 e. The number of hydrogen-bond acceptors (Lipinski definition) is 5. The molecule has 6 nitrogen and oxygen atoms in total. The Morgan fingerprint density at radius 3 is 2.50 bits per heavy atom. The van der Waals surface area contributed by atoms with Crippen molar-refractivity contribution in [2.75, 3.05) is 37.8 Å². The normalized spacial score (nSPS) is 10.8. The standard InChI is InChI=1S/C16H19F2N5O/c1-10-9-13(21-16(20-10)19-7-8-23(2)3)15(24)22-14-11(17)5-4-6-12(14)18/h4-6,9H,7-8H2,1-3H3,(H,22,24)(H,19,20,21). The van der Waals surface area contributed by atoms with Gasteiger partial charge in [0.05, 0.1) is 0 Å². The van der Waals surface area contributed by atoms with E-state index < -0.39 is 23.2 Å². The van der Waals surface area contributed by atoms with E-state index in [1.807, 2.05) is 19.0 Å². The minimum Gasteiger partial charge on any atom is -0.353 e. The van der Waals surface area contributed by atoms with Crippen LogP contribution < -0.4 is 10.6 Å². The molecule has 1 aromatic carbocycles. The van der Waals surface area contributed by atoms with E-state index >= 15 is 0 Å². The Hall–Kier alpha value is -2.61. The number of para-hydroxylation sites is 1. The molecule has 1 amide bonds. The smallest absolute Gasteiger partial charge is 0.274 e. The molecule has 1 aromatic heterocycles. The van der Waals surface area contributed by atoms with E-state index in [1.165, 1.54) is 12.1 Å². The quantitative estimate of drug-likeness (QED) is 0.848. The van der Waals surface area contributed by atoms with Crippen LogP contribution in [-0.2, 0) is 0 Å². The lowest BCUT2D eigenvalue weighted by atomic mass is 10.2. The van der Waals surface area contributed by atoms with Crippen molar-refractivity contribution < 1.29 is 13.6 Å². The van der Waals surface area contributed by atoms with Gasteiger partial charge in [0.25, 0.3) is 5.91 Å². The molecule has 2 aromatic rings. The van der Waals surface area contributed by atoms with Gasteiger partial charge >= 0.3 is 0 Å². The van der Waals surface area contributed by atoms with Gasteiger partial charge in [0.2, 0.25) is 5.95 Å². The second-order valence-electron chi connectivity index (χ2n) is 5.50. The van der Waals surface area contributed by atoms with Crippen molar-refractivity contribution in [1.82, 2.24) is 14.9 Å². The van der Waals surface area contributed by atoms with Crippen LogP contribution in [0.5, 0.6) is 0 Å². The van der Waals surface area contributed by atoms with Gasteiger partial charge in [-0.1, -0.05) is 6.07 Å². The summed E-state index contributed by atoms with van der Waals surface area (Å²) in [5.74, 6) is -2.12. The summed E-state index contributed by atoms with van der Waals surface area (Å²) >= 11 is 0. The van der Waals surface area contributed by atoms with Gasteiger partial charge in [-0.25, -0.2) is 18.7 Å². The second-order valence-corrected chi connectivity index (χ2v) is 5.50. The van der Waals surface area contributed by atoms with Crippen LogP contribution in [0.4, 0.5) is 20.4 Å². The second kappa shape index (κ2) is 7.78. The molecule has 0 aliphatic rings. The molecule has 1 heterocycles. The van der Waals surface area contributed by atoms with Crippen LogP contribution in [-0.4, -0.2) is 48.0 Å². The van der Waals surface area contributed by atoms with Gasteiger partial charge in [-0.15, -0.1) is 0 Å². The first-order valence-corrected chi connectivity index (χ1v) is 7.36. The number of benzene rings is 1. The Balaban J connectivity index is 2.15. The van der Waals surface area contributed by atoms with Crippen molar-refractivity contribution >= 4 is 17.5 Å². The molecule has 128 valence electrons. The van der Waals surface area contributed by atoms with Crippen molar-refractivity contribution in [3.05, 3.63) is 47.3 Å². The Morgan fingerprint density at radius 2 is 1.88 bits per heavy atom.